The van der Waals surface area contributed by atoms with E-state index in [1.54, 1.807) is 4.40 Å². The molecule has 2 aromatic carbocycles. The molecule has 0 radical (unpaired) electrons. The molecule has 0 saturated heterocycles. The van der Waals surface area contributed by atoms with Gasteiger partial charge in [0, 0.05) is 23.1 Å². The van der Waals surface area contributed by atoms with Crippen molar-refractivity contribution in [2.75, 3.05) is 6.79 Å². The zero-order chi connectivity index (χ0) is 20.4. The molecule has 148 valence electrons. The molecule has 0 spiro atoms. The first-order chi connectivity index (χ1) is 14.6. The van der Waals surface area contributed by atoms with Crippen molar-refractivity contribution in [2.24, 2.45) is 0 Å². The second kappa shape index (κ2) is 6.21. The van der Waals surface area contributed by atoms with Crippen LogP contribution in [0.15, 0.2) is 53.3 Å². The van der Waals surface area contributed by atoms with Gasteiger partial charge in [-0.05, 0) is 55.8 Å². The van der Waals surface area contributed by atoms with Crippen LogP contribution in [0.2, 0.25) is 0 Å². The van der Waals surface area contributed by atoms with Crippen LogP contribution in [0.25, 0.3) is 27.8 Å². The first kappa shape index (κ1) is 17.3. The Morgan fingerprint density at radius 2 is 1.90 bits per heavy atom. The van der Waals surface area contributed by atoms with E-state index in [2.05, 4.69) is 29.5 Å². The van der Waals surface area contributed by atoms with Crippen molar-refractivity contribution in [3.8, 4) is 17.2 Å². The normalized spacial score (nSPS) is 13.7. The van der Waals surface area contributed by atoms with Crippen molar-refractivity contribution in [3.05, 3.63) is 80.4 Å². The molecule has 30 heavy (non-hydrogen) atoms. The van der Waals surface area contributed by atoms with Gasteiger partial charge in [0.2, 0.25) is 6.79 Å². The predicted molar refractivity (Wildman–Crippen MR) is 117 cm³/mol. The molecule has 0 unspecified atom stereocenters. The molecule has 0 N–H and O–H groups in total. The van der Waals surface area contributed by atoms with Gasteiger partial charge < -0.3 is 14.0 Å². The molecule has 1 aliphatic heterocycles. The summed E-state index contributed by atoms with van der Waals surface area (Å²) in [6.45, 7) is 4.37. The summed E-state index contributed by atoms with van der Waals surface area (Å²) in [5.41, 5.74) is 5.81. The van der Waals surface area contributed by atoms with Gasteiger partial charge in [0.15, 0.2) is 16.5 Å². The number of aryl methyl sites for hydroxylation is 1. The van der Waals surface area contributed by atoms with E-state index in [0.717, 1.165) is 50.1 Å². The van der Waals surface area contributed by atoms with Gasteiger partial charge in [0.25, 0.3) is 5.56 Å². The lowest BCUT2D eigenvalue weighted by Crippen LogP contribution is -2.22. The van der Waals surface area contributed by atoms with Gasteiger partial charge in [0.05, 0.1) is 15.6 Å². The maximum Gasteiger partial charge on any atom is 0.274 e. The smallest absolute Gasteiger partial charge is 0.274 e. The Bertz CT molecular complexity index is 1580. The molecule has 0 atom stereocenters. The third-order valence-corrected chi connectivity index (χ3v) is 6.49. The van der Waals surface area contributed by atoms with Crippen LogP contribution in [0.4, 0.5) is 0 Å². The minimum Gasteiger partial charge on any atom is -0.454 e. The lowest BCUT2D eigenvalue weighted by atomic mass is 10.2. The van der Waals surface area contributed by atoms with Gasteiger partial charge in [-0.15, -0.1) is 0 Å². The van der Waals surface area contributed by atoms with E-state index >= 15 is 0 Å². The topological polar surface area (TPSA) is 57.8 Å². The highest BCUT2D eigenvalue weighted by Crippen LogP contribution is 2.35. The summed E-state index contributed by atoms with van der Waals surface area (Å²) in [5, 5.41) is 0. The Morgan fingerprint density at radius 3 is 2.80 bits per heavy atom. The summed E-state index contributed by atoms with van der Waals surface area (Å²) in [4.78, 5) is 18.4. The van der Waals surface area contributed by atoms with Crippen LogP contribution in [-0.4, -0.2) is 20.7 Å². The largest absolute Gasteiger partial charge is 0.454 e. The van der Waals surface area contributed by atoms with Crippen molar-refractivity contribution in [2.45, 2.75) is 13.8 Å². The minimum atomic E-state index is -0.0309. The van der Waals surface area contributed by atoms with Gasteiger partial charge in [-0.2, -0.15) is 0 Å². The summed E-state index contributed by atoms with van der Waals surface area (Å²) in [6, 6.07) is 15.7. The number of hydrogen-bond acceptors (Lipinski definition) is 5. The fraction of sp³-hybridized carbons (Fsp3) is 0.130. The number of rotatable bonds is 2. The van der Waals surface area contributed by atoms with Crippen LogP contribution in [0, 0.1) is 13.8 Å². The van der Waals surface area contributed by atoms with Crippen LogP contribution < -0.4 is 19.6 Å². The average Bonchev–Trinajstić information content (AvgIpc) is 3.47. The van der Waals surface area contributed by atoms with Crippen LogP contribution in [0.1, 0.15) is 17.0 Å². The van der Waals surface area contributed by atoms with Crippen LogP contribution >= 0.6 is 11.3 Å². The quantitative estimate of drug-likeness (QED) is 0.442. The summed E-state index contributed by atoms with van der Waals surface area (Å²) < 4.78 is 15.5. The molecule has 5 aromatic rings. The molecule has 0 aliphatic carbocycles. The molecule has 6 rings (SSSR count). The molecule has 6 nitrogen and oxygen atoms in total. The van der Waals surface area contributed by atoms with E-state index in [1.165, 1.54) is 11.3 Å². The fourth-order valence-corrected chi connectivity index (χ4v) is 5.09. The lowest BCUT2D eigenvalue weighted by Gasteiger charge is -2.10. The highest BCUT2D eigenvalue weighted by atomic mass is 32.1. The van der Waals surface area contributed by atoms with Crippen LogP contribution in [0.3, 0.4) is 0 Å². The summed E-state index contributed by atoms with van der Waals surface area (Å²) in [6.07, 6.45) is 1.96. The van der Waals surface area contributed by atoms with E-state index in [-0.39, 0.29) is 12.4 Å². The van der Waals surface area contributed by atoms with E-state index in [4.69, 9.17) is 9.47 Å². The number of nitrogens with zero attached hydrogens (tertiary/aromatic N) is 3. The van der Waals surface area contributed by atoms with E-state index in [1.807, 2.05) is 48.5 Å². The minimum absolute atomic E-state index is 0.0309. The van der Waals surface area contributed by atoms with Crippen molar-refractivity contribution < 1.29 is 9.47 Å². The molecule has 3 aromatic heterocycles. The third kappa shape index (κ3) is 2.42. The maximum atomic E-state index is 13.1. The van der Waals surface area contributed by atoms with Gasteiger partial charge in [0.1, 0.15) is 0 Å². The Hall–Kier alpha value is -3.58. The predicted octanol–water partition coefficient (Wildman–Crippen LogP) is 3.59. The highest BCUT2D eigenvalue weighted by Gasteiger charge is 2.17. The molecule has 0 saturated carbocycles. The second-order valence-electron chi connectivity index (χ2n) is 7.33. The third-order valence-electron chi connectivity index (χ3n) is 5.52. The molecular weight excluding hydrogens is 398 g/mol. The number of para-hydroxylation sites is 2. The standard InChI is InChI=1S/C23H17N3O3S/c1-13-9-15(14(2)25(13)16-7-8-19-20(11-16)29-12-28-19)10-21-22(27)26-18-6-4-3-5-17(18)24-23(26)30-21/h3-11H,12H2,1-2H3/b21-10-. The number of ether oxygens (including phenoxy) is 2. The zero-order valence-corrected chi connectivity index (χ0v) is 17.2. The van der Waals surface area contributed by atoms with Crippen molar-refractivity contribution >= 4 is 33.4 Å². The van der Waals surface area contributed by atoms with Gasteiger partial charge >= 0.3 is 0 Å². The number of imidazole rings is 1. The van der Waals surface area contributed by atoms with Crippen molar-refractivity contribution in [1.29, 1.82) is 0 Å². The van der Waals surface area contributed by atoms with Crippen LogP contribution in [-0.2, 0) is 0 Å². The molecule has 4 heterocycles. The number of aromatic nitrogens is 3. The van der Waals surface area contributed by atoms with Crippen molar-refractivity contribution in [3.63, 3.8) is 0 Å². The molecule has 0 fully saturated rings. The highest BCUT2D eigenvalue weighted by molar-refractivity contribution is 7.15. The Kier molecular flexibility index (Phi) is 3.58. The first-order valence-electron chi connectivity index (χ1n) is 9.61. The van der Waals surface area contributed by atoms with Gasteiger partial charge in [-0.25, -0.2) is 9.38 Å². The summed E-state index contributed by atoms with van der Waals surface area (Å²) >= 11 is 1.42. The number of thiazole rings is 1. The Morgan fingerprint density at radius 1 is 1.07 bits per heavy atom. The van der Waals surface area contributed by atoms with E-state index in [0.29, 0.717) is 4.53 Å². The van der Waals surface area contributed by atoms with E-state index < -0.39 is 0 Å². The van der Waals surface area contributed by atoms with Crippen molar-refractivity contribution in [1.82, 2.24) is 14.0 Å². The SMILES string of the molecule is Cc1cc(/C=c2\sc3nc4ccccc4n3c2=O)c(C)n1-c1ccc2c(c1)OCO2. The number of benzene rings is 2. The summed E-state index contributed by atoms with van der Waals surface area (Å²) in [5.74, 6) is 1.51. The maximum absolute atomic E-state index is 13.1. The number of hydrogen-bond donors (Lipinski definition) is 0. The molecular formula is C23H17N3O3S. The van der Waals surface area contributed by atoms with Gasteiger partial charge in [-0.1, -0.05) is 23.5 Å². The lowest BCUT2D eigenvalue weighted by molar-refractivity contribution is 0.174. The molecule has 0 bridgehead atoms. The zero-order valence-electron chi connectivity index (χ0n) is 16.4. The average molecular weight is 415 g/mol. The fourth-order valence-electron chi connectivity index (χ4n) is 4.11. The van der Waals surface area contributed by atoms with Gasteiger partial charge in [-0.3, -0.25) is 4.79 Å². The molecule has 1 aliphatic rings. The monoisotopic (exact) mass is 415 g/mol. The van der Waals surface area contributed by atoms with E-state index in [9.17, 15) is 4.79 Å². The first-order valence-corrected chi connectivity index (χ1v) is 10.4. The Labute approximate surface area is 175 Å². The van der Waals surface area contributed by atoms with Crippen LogP contribution in [0.5, 0.6) is 11.5 Å². The second-order valence-corrected chi connectivity index (χ2v) is 8.34. The number of fused-ring (bicyclic) bond motifs is 4. The Balaban J connectivity index is 1.51. The summed E-state index contributed by atoms with van der Waals surface area (Å²) in [7, 11) is 0. The molecule has 0 amide bonds. The molecule has 7 heteroatoms.